The van der Waals surface area contributed by atoms with E-state index in [1.54, 1.807) is 0 Å². The van der Waals surface area contributed by atoms with E-state index in [2.05, 4.69) is 0 Å². The van der Waals surface area contributed by atoms with Crippen LogP contribution in [0, 0.1) is 11.8 Å². The average molecular weight is 228 g/mol. The van der Waals surface area contributed by atoms with Gasteiger partial charge in [0.25, 0.3) is 0 Å². The van der Waals surface area contributed by atoms with E-state index >= 15 is 0 Å². The van der Waals surface area contributed by atoms with Gasteiger partial charge in [0, 0.05) is 14.2 Å². The molecule has 0 N–H and O–H groups in total. The summed E-state index contributed by atoms with van der Waals surface area (Å²) in [7, 11) is 1.92. The van der Waals surface area contributed by atoms with Crippen molar-refractivity contribution in [2.45, 2.75) is 50.6 Å². The predicted molar refractivity (Wildman–Crippen MR) is 64.1 cm³/mol. The fourth-order valence-electron chi connectivity index (χ4n) is 2.28. The molecule has 0 aromatic rings. The zero-order chi connectivity index (χ0) is 10.7. The highest BCUT2D eigenvalue weighted by Crippen LogP contribution is 2.39. The highest BCUT2D eigenvalue weighted by Gasteiger charge is 2.38. The SMILES string of the molecule is CO[Si](CCC1CC1)(CCC1CC1)OC. The van der Waals surface area contributed by atoms with Gasteiger partial charge in [-0.3, -0.25) is 0 Å². The van der Waals surface area contributed by atoms with Crippen LogP contribution in [0.4, 0.5) is 0 Å². The van der Waals surface area contributed by atoms with Crippen molar-refractivity contribution in [2.24, 2.45) is 11.8 Å². The van der Waals surface area contributed by atoms with Crippen molar-refractivity contribution in [2.75, 3.05) is 14.2 Å². The Morgan fingerprint density at radius 3 is 1.53 bits per heavy atom. The molecule has 0 spiro atoms. The highest BCUT2D eigenvalue weighted by atomic mass is 28.4. The molecule has 2 nitrogen and oxygen atoms in total. The zero-order valence-electron chi connectivity index (χ0n) is 10.1. The molecule has 3 heteroatoms. The number of hydrogen-bond acceptors (Lipinski definition) is 2. The summed E-state index contributed by atoms with van der Waals surface area (Å²) in [4.78, 5) is 0. The van der Waals surface area contributed by atoms with Gasteiger partial charge in [-0.1, -0.05) is 25.7 Å². The van der Waals surface area contributed by atoms with Crippen LogP contribution in [0.5, 0.6) is 0 Å². The van der Waals surface area contributed by atoms with Gasteiger partial charge in [0.1, 0.15) is 0 Å². The Morgan fingerprint density at radius 1 is 0.867 bits per heavy atom. The Kier molecular flexibility index (Phi) is 3.86. The molecule has 0 atom stereocenters. The van der Waals surface area contributed by atoms with E-state index in [-0.39, 0.29) is 0 Å². The van der Waals surface area contributed by atoms with Crippen LogP contribution >= 0.6 is 0 Å². The van der Waals surface area contributed by atoms with Crippen molar-refractivity contribution in [3.8, 4) is 0 Å². The predicted octanol–water partition coefficient (Wildman–Crippen LogP) is 3.32. The van der Waals surface area contributed by atoms with E-state index in [1.165, 1.54) is 50.6 Å². The summed E-state index contributed by atoms with van der Waals surface area (Å²) in [6.07, 6.45) is 8.47. The third kappa shape index (κ3) is 3.57. The normalized spacial score (nSPS) is 22.0. The molecule has 0 radical (unpaired) electrons. The smallest absolute Gasteiger partial charge is 0.337 e. The minimum absolute atomic E-state index is 1.00. The van der Waals surface area contributed by atoms with Gasteiger partial charge in [-0.25, -0.2) is 0 Å². The molecule has 2 aliphatic carbocycles. The average Bonchev–Trinajstić information content (AvgIpc) is 3.14. The van der Waals surface area contributed by atoms with Crippen LogP contribution in [0.1, 0.15) is 38.5 Å². The topological polar surface area (TPSA) is 18.5 Å². The van der Waals surface area contributed by atoms with Gasteiger partial charge in [-0.2, -0.15) is 0 Å². The first-order chi connectivity index (χ1) is 7.28. The molecular formula is C12H24O2Si. The Labute approximate surface area is 94.6 Å². The molecular weight excluding hydrogens is 204 g/mol. The van der Waals surface area contributed by atoms with E-state index in [9.17, 15) is 0 Å². The first-order valence-electron chi connectivity index (χ1n) is 6.38. The third-order valence-corrected chi connectivity index (χ3v) is 7.59. The Hall–Kier alpha value is 0.137. The second-order valence-electron chi connectivity index (χ2n) is 5.28. The molecule has 0 unspecified atom stereocenters. The lowest BCUT2D eigenvalue weighted by atomic mass is 10.3. The molecule has 0 saturated heterocycles. The lowest BCUT2D eigenvalue weighted by Gasteiger charge is -2.27. The molecule has 0 bridgehead atoms. The Balaban J connectivity index is 1.75. The Bertz CT molecular complexity index is 178. The van der Waals surface area contributed by atoms with E-state index in [0.717, 1.165) is 11.8 Å². The standard InChI is InChI=1S/C12H24O2Si/c1-13-15(14-2,9-7-11-3-4-11)10-8-12-5-6-12/h11-12H,3-10H2,1-2H3. The van der Waals surface area contributed by atoms with Crippen LogP contribution in [-0.2, 0) is 8.85 Å². The maximum atomic E-state index is 5.76. The summed E-state index contributed by atoms with van der Waals surface area (Å²) in [5, 5.41) is 0. The highest BCUT2D eigenvalue weighted by molar-refractivity contribution is 6.67. The second-order valence-corrected chi connectivity index (χ2v) is 8.92. The molecule has 0 aromatic heterocycles. The zero-order valence-corrected chi connectivity index (χ0v) is 11.1. The van der Waals surface area contributed by atoms with Gasteiger partial charge in [-0.05, 0) is 36.8 Å². The lowest BCUT2D eigenvalue weighted by molar-refractivity contribution is 0.237. The fourth-order valence-corrected chi connectivity index (χ4v) is 5.21. The maximum Gasteiger partial charge on any atom is 0.337 e. The monoisotopic (exact) mass is 228 g/mol. The molecule has 2 saturated carbocycles. The summed E-state index contributed by atoms with van der Waals surface area (Å²) in [6, 6.07) is 2.44. The summed E-state index contributed by atoms with van der Waals surface area (Å²) in [5.41, 5.74) is 0. The minimum atomic E-state index is -1.79. The Morgan fingerprint density at radius 2 is 1.27 bits per heavy atom. The molecule has 0 heterocycles. The number of rotatable bonds is 8. The van der Waals surface area contributed by atoms with Gasteiger partial charge < -0.3 is 8.85 Å². The van der Waals surface area contributed by atoms with Gasteiger partial charge >= 0.3 is 8.56 Å². The molecule has 0 aromatic carbocycles. The van der Waals surface area contributed by atoms with Gasteiger partial charge in [-0.15, -0.1) is 0 Å². The molecule has 2 aliphatic rings. The summed E-state index contributed by atoms with van der Waals surface area (Å²) in [5.74, 6) is 2.01. The van der Waals surface area contributed by atoms with Crippen LogP contribution < -0.4 is 0 Å². The fraction of sp³-hybridized carbons (Fsp3) is 1.00. The first-order valence-corrected chi connectivity index (χ1v) is 8.61. The maximum absolute atomic E-state index is 5.76. The van der Waals surface area contributed by atoms with Gasteiger partial charge in [0.2, 0.25) is 0 Å². The van der Waals surface area contributed by atoms with Crippen LogP contribution in [0.25, 0.3) is 0 Å². The van der Waals surface area contributed by atoms with Crippen molar-refractivity contribution in [3.05, 3.63) is 0 Å². The second kappa shape index (κ2) is 4.98. The van der Waals surface area contributed by atoms with E-state index in [1.807, 2.05) is 14.2 Å². The summed E-state index contributed by atoms with van der Waals surface area (Å²) in [6.45, 7) is 0. The van der Waals surface area contributed by atoms with Crippen molar-refractivity contribution in [3.63, 3.8) is 0 Å². The summed E-state index contributed by atoms with van der Waals surface area (Å²) < 4.78 is 11.5. The van der Waals surface area contributed by atoms with Crippen LogP contribution in [0.3, 0.4) is 0 Å². The minimum Gasteiger partial charge on any atom is -0.398 e. The number of hydrogen-bond donors (Lipinski definition) is 0. The van der Waals surface area contributed by atoms with Gasteiger partial charge in [0.15, 0.2) is 0 Å². The molecule has 2 rings (SSSR count). The van der Waals surface area contributed by atoms with Crippen molar-refractivity contribution in [1.29, 1.82) is 0 Å². The van der Waals surface area contributed by atoms with Gasteiger partial charge in [0.05, 0.1) is 0 Å². The van der Waals surface area contributed by atoms with E-state index < -0.39 is 8.56 Å². The van der Waals surface area contributed by atoms with E-state index in [4.69, 9.17) is 8.85 Å². The molecule has 2 fully saturated rings. The molecule has 0 aliphatic heterocycles. The van der Waals surface area contributed by atoms with Crippen molar-refractivity contribution in [1.82, 2.24) is 0 Å². The lowest BCUT2D eigenvalue weighted by Crippen LogP contribution is -2.40. The molecule has 15 heavy (non-hydrogen) atoms. The van der Waals surface area contributed by atoms with E-state index in [0.29, 0.717) is 0 Å². The summed E-state index contributed by atoms with van der Waals surface area (Å²) >= 11 is 0. The van der Waals surface area contributed by atoms with Crippen molar-refractivity contribution < 1.29 is 8.85 Å². The van der Waals surface area contributed by atoms with Crippen LogP contribution in [0.2, 0.25) is 12.1 Å². The largest absolute Gasteiger partial charge is 0.398 e. The molecule has 0 amide bonds. The van der Waals surface area contributed by atoms with Crippen LogP contribution in [-0.4, -0.2) is 22.8 Å². The van der Waals surface area contributed by atoms with Crippen molar-refractivity contribution >= 4 is 8.56 Å². The quantitative estimate of drug-likeness (QED) is 0.593. The molecule has 88 valence electrons. The third-order valence-electron chi connectivity index (χ3n) is 4.00. The van der Waals surface area contributed by atoms with Crippen LogP contribution in [0.15, 0.2) is 0 Å². The first kappa shape index (κ1) is 11.6.